The minimum Gasteiger partial charge on any atom is -0.447 e. The summed E-state index contributed by atoms with van der Waals surface area (Å²) in [5.74, 6) is 0.901. The number of benzene rings is 1. The van der Waals surface area contributed by atoms with Crippen LogP contribution in [0.25, 0.3) is 0 Å². The predicted molar refractivity (Wildman–Crippen MR) is 95.1 cm³/mol. The Morgan fingerprint density at radius 1 is 1.35 bits per heavy atom. The van der Waals surface area contributed by atoms with Crippen molar-refractivity contribution in [1.82, 2.24) is 10.1 Å². The first-order valence-corrected chi connectivity index (χ1v) is 8.50. The van der Waals surface area contributed by atoms with Gasteiger partial charge in [-0.3, -0.25) is 9.69 Å². The van der Waals surface area contributed by atoms with Gasteiger partial charge in [0.25, 0.3) is 0 Å². The quantitative estimate of drug-likeness (QED) is 0.882. The Balaban J connectivity index is 1.57. The van der Waals surface area contributed by atoms with Crippen LogP contribution in [-0.4, -0.2) is 35.3 Å². The molecule has 1 N–H and O–H groups in total. The molecule has 8 heteroatoms. The molecule has 1 aliphatic heterocycles. The lowest BCUT2D eigenvalue weighted by Crippen LogP contribution is -2.23. The molecule has 0 atom stereocenters. The highest BCUT2D eigenvalue weighted by molar-refractivity contribution is 5.93. The van der Waals surface area contributed by atoms with Crippen molar-refractivity contribution < 1.29 is 18.8 Å². The Kier molecular flexibility index (Phi) is 4.92. The van der Waals surface area contributed by atoms with Crippen molar-refractivity contribution >= 4 is 23.4 Å². The van der Waals surface area contributed by atoms with Crippen LogP contribution >= 0.6 is 0 Å². The number of carbonyl (C=O) groups excluding carboxylic acids is 2. The number of hydrogen-bond donors (Lipinski definition) is 1. The molecular weight excluding hydrogens is 336 g/mol. The highest BCUT2D eigenvalue weighted by Gasteiger charge is 2.24. The van der Waals surface area contributed by atoms with Crippen LogP contribution in [0.3, 0.4) is 0 Å². The summed E-state index contributed by atoms with van der Waals surface area (Å²) < 4.78 is 10.1. The van der Waals surface area contributed by atoms with E-state index >= 15 is 0 Å². The number of nitrogens with one attached hydrogen (secondary N) is 1. The molecule has 1 aromatic heterocycles. The number of aryl methyl sites for hydroxylation is 1. The standard InChI is InChI=1S/C18H22N4O4/c1-18(2,3)16-20-15(26-21-16)8-7-14(23)19-12-5-4-6-13(11-12)22-9-10-25-17(22)24/h4-6,11H,7-10H2,1-3H3,(H,19,23). The van der Waals surface area contributed by atoms with Crippen LogP contribution < -0.4 is 10.2 Å². The van der Waals surface area contributed by atoms with Gasteiger partial charge >= 0.3 is 6.09 Å². The van der Waals surface area contributed by atoms with Gasteiger partial charge in [0, 0.05) is 29.6 Å². The number of anilines is 2. The molecule has 2 heterocycles. The smallest absolute Gasteiger partial charge is 0.414 e. The van der Waals surface area contributed by atoms with Crippen molar-refractivity contribution in [2.75, 3.05) is 23.4 Å². The molecule has 1 aliphatic rings. The first-order valence-electron chi connectivity index (χ1n) is 8.50. The van der Waals surface area contributed by atoms with E-state index in [0.717, 1.165) is 0 Å². The minimum atomic E-state index is -0.375. The van der Waals surface area contributed by atoms with Crippen molar-refractivity contribution in [3.63, 3.8) is 0 Å². The number of hydrogen-bond acceptors (Lipinski definition) is 6. The summed E-state index contributed by atoms with van der Waals surface area (Å²) in [6, 6.07) is 7.10. The average Bonchev–Trinajstić information content (AvgIpc) is 3.21. The maximum atomic E-state index is 12.2. The molecule has 0 bridgehead atoms. The lowest BCUT2D eigenvalue weighted by Gasteiger charge is -2.14. The molecule has 0 spiro atoms. The molecule has 1 aromatic carbocycles. The number of carbonyl (C=O) groups is 2. The number of rotatable bonds is 5. The van der Waals surface area contributed by atoms with Crippen LogP contribution in [-0.2, 0) is 21.4 Å². The van der Waals surface area contributed by atoms with Crippen molar-refractivity contribution in [1.29, 1.82) is 0 Å². The molecule has 0 saturated carbocycles. The highest BCUT2D eigenvalue weighted by atomic mass is 16.6. The van der Waals surface area contributed by atoms with E-state index in [1.54, 1.807) is 24.3 Å². The summed E-state index contributed by atoms with van der Waals surface area (Å²) in [4.78, 5) is 29.7. The third-order valence-corrected chi connectivity index (χ3v) is 3.91. The molecule has 138 valence electrons. The van der Waals surface area contributed by atoms with Crippen LogP contribution in [0.2, 0.25) is 0 Å². The molecule has 2 aromatic rings. The van der Waals surface area contributed by atoms with E-state index in [1.807, 2.05) is 20.8 Å². The first kappa shape index (κ1) is 17.9. The van der Waals surface area contributed by atoms with Gasteiger partial charge in [0.05, 0.1) is 6.54 Å². The Morgan fingerprint density at radius 2 is 2.15 bits per heavy atom. The fraction of sp³-hybridized carbons (Fsp3) is 0.444. The van der Waals surface area contributed by atoms with Gasteiger partial charge in [-0.25, -0.2) is 4.79 Å². The zero-order valence-electron chi connectivity index (χ0n) is 15.1. The van der Waals surface area contributed by atoms with Crippen molar-refractivity contribution in [2.45, 2.75) is 39.0 Å². The molecule has 1 saturated heterocycles. The van der Waals surface area contributed by atoms with E-state index in [2.05, 4.69) is 15.5 Å². The summed E-state index contributed by atoms with van der Waals surface area (Å²) in [5.41, 5.74) is 1.12. The zero-order chi connectivity index (χ0) is 18.7. The van der Waals surface area contributed by atoms with E-state index in [4.69, 9.17) is 9.26 Å². The van der Waals surface area contributed by atoms with E-state index in [0.29, 0.717) is 42.7 Å². The number of ether oxygens (including phenoxy) is 1. The molecule has 3 rings (SSSR count). The van der Waals surface area contributed by atoms with Gasteiger partial charge in [0.1, 0.15) is 6.61 Å². The lowest BCUT2D eigenvalue weighted by molar-refractivity contribution is -0.116. The van der Waals surface area contributed by atoms with Gasteiger partial charge in [-0.15, -0.1) is 0 Å². The largest absolute Gasteiger partial charge is 0.447 e. The van der Waals surface area contributed by atoms with Gasteiger partial charge in [-0.2, -0.15) is 4.98 Å². The van der Waals surface area contributed by atoms with E-state index in [-0.39, 0.29) is 23.8 Å². The van der Waals surface area contributed by atoms with Crippen LogP contribution in [0.1, 0.15) is 38.9 Å². The highest BCUT2D eigenvalue weighted by Crippen LogP contribution is 2.23. The SMILES string of the molecule is CC(C)(C)c1noc(CCC(=O)Nc2cccc(N3CCOC3=O)c2)n1. The van der Waals surface area contributed by atoms with Crippen molar-refractivity contribution in [3.8, 4) is 0 Å². The van der Waals surface area contributed by atoms with Gasteiger partial charge in [-0.05, 0) is 18.2 Å². The molecule has 0 radical (unpaired) electrons. The maximum absolute atomic E-state index is 12.2. The topological polar surface area (TPSA) is 97.6 Å². The molecule has 0 aliphatic carbocycles. The Labute approximate surface area is 151 Å². The second-order valence-electron chi connectivity index (χ2n) is 7.13. The monoisotopic (exact) mass is 358 g/mol. The Hall–Kier alpha value is -2.90. The van der Waals surface area contributed by atoms with Crippen LogP contribution in [0.4, 0.5) is 16.2 Å². The van der Waals surface area contributed by atoms with Crippen LogP contribution in [0, 0.1) is 0 Å². The number of nitrogens with zero attached hydrogens (tertiary/aromatic N) is 3. The van der Waals surface area contributed by atoms with E-state index in [9.17, 15) is 9.59 Å². The van der Waals surface area contributed by atoms with Gasteiger partial charge in [0.2, 0.25) is 11.8 Å². The normalized spacial score (nSPS) is 14.4. The molecule has 2 amide bonds. The molecule has 1 fully saturated rings. The lowest BCUT2D eigenvalue weighted by atomic mass is 9.96. The van der Waals surface area contributed by atoms with E-state index < -0.39 is 0 Å². The fourth-order valence-electron chi connectivity index (χ4n) is 2.48. The first-order chi connectivity index (χ1) is 12.3. The number of amides is 2. The fourth-order valence-corrected chi connectivity index (χ4v) is 2.48. The van der Waals surface area contributed by atoms with Gasteiger partial charge in [0.15, 0.2) is 5.82 Å². The second kappa shape index (κ2) is 7.15. The summed E-state index contributed by atoms with van der Waals surface area (Å²) in [6.07, 6.45) is 0.217. The second-order valence-corrected chi connectivity index (χ2v) is 7.13. The summed E-state index contributed by atoms with van der Waals surface area (Å²) >= 11 is 0. The maximum Gasteiger partial charge on any atom is 0.414 e. The van der Waals surface area contributed by atoms with Crippen molar-refractivity contribution in [3.05, 3.63) is 36.0 Å². The third-order valence-electron chi connectivity index (χ3n) is 3.91. The molecule has 8 nitrogen and oxygen atoms in total. The minimum absolute atomic E-state index is 0.165. The molecule has 26 heavy (non-hydrogen) atoms. The summed E-state index contributed by atoms with van der Waals surface area (Å²) in [7, 11) is 0. The Bertz CT molecular complexity index is 810. The number of cyclic esters (lactones) is 1. The van der Waals surface area contributed by atoms with Gasteiger partial charge in [-0.1, -0.05) is 32.0 Å². The summed E-state index contributed by atoms with van der Waals surface area (Å²) in [5, 5.41) is 6.77. The molecule has 0 unspecified atom stereocenters. The van der Waals surface area contributed by atoms with Crippen molar-refractivity contribution in [2.24, 2.45) is 0 Å². The van der Waals surface area contributed by atoms with Gasteiger partial charge < -0.3 is 14.6 Å². The third kappa shape index (κ3) is 4.19. The zero-order valence-corrected chi connectivity index (χ0v) is 15.1. The predicted octanol–water partition coefficient (Wildman–Crippen LogP) is 2.90. The summed E-state index contributed by atoms with van der Waals surface area (Å²) in [6.45, 7) is 6.87. The van der Waals surface area contributed by atoms with E-state index in [1.165, 1.54) is 4.90 Å². The average molecular weight is 358 g/mol. The van der Waals surface area contributed by atoms with Crippen LogP contribution in [0.5, 0.6) is 0 Å². The molecular formula is C18H22N4O4. The van der Waals surface area contributed by atoms with Crippen LogP contribution in [0.15, 0.2) is 28.8 Å². The number of aromatic nitrogens is 2. The Morgan fingerprint density at radius 3 is 2.81 bits per heavy atom.